The molecule has 0 aliphatic carbocycles. The van der Waals surface area contributed by atoms with Gasteiger partial charge in [0, 0.05) is 11.1 Å². The van der Waals surface area contributed by atoms with Gasteiger partial charge in [0.05, 0.1) is 16.6 Å². The molecule has 7 heteroatoms. The minimum atomic E-state index is -0.125. The largest absolute Gasteiger partial charge is 0.409 e. The lowest BCUT2D eigenvalue weighted by Crippen LogP contribution is -2.21. The van der Waals surface area contributed by atoms with Gasteiger partial charge in [-0.1, -0.05) is 42.5 Å². The van der Waals surface area contributed by atoms with E-state index >= 15 is 0 Å². The molecule has 0 fully saturated rings. The van der Waals surface area contributed by atoms with E-state index in [9.17, 15) is 4.79 Å². The van der Waals surface area contributed by atoms with Gasteiger partial charge in [-0.05, 0) is 48.6 Å². The van der Waals surface area contributed by atoms with Gasteiger partial charge in [-0.25, -0.2) is 10.1 Å². The number of H-pyrrole nitrogens is 1. The lowest BCUT2D eigenvalue weighted by atomic mass is 10.1. The minimum absolute atomic E-state index is 0.125. The summed E-state index contributed by atoms with van der Waals surface area (Å²) in [5.41, 5.74) is 2.85. The Bertz CT molecular complexity index is 1430. The molecule has 2 aromatic heterocycles. The van der Waals surface area contributed by atoms with E-state index in [-0.39, 0.29) is 10.4 Å². The van der Waals surface area contributed by atoms with Gasteiger partial charge in [0.1, 0.15) is 5.82 Å². The van der Waals surface area contributed by atoms with E-state index in [4.69, 9.17) is 21.6 Å². The van der Waals surface area contributed by atoms with Gasteiger partial charge in [-0.15, -0.1) is 5.10 Å². The zero-order chi connectivity index (χ0) is 19.8. The summed E-state index contributed by atoms with van der Waals surface area (Å²) >= 11 is 4.93. The highest BCUT2D eigenvalue weighted by molar-refractivity contribution is 7.71. The van der Waals surface area contributed by atoms with Crippen molar-refractivity contribution < 1.29 is 4.42 Å². The molecule has 3 aromatic carbocycles. The molecular weight excluding hydrogens is 384 g/mol. The molecule has 0 bridgehead atoms. The summed E-state index contributed by atoms with van der Waals surface area (Å²) < 4.78 is 6.98. The van der Waals surface area contributed by atoms with Crippen molar-refractivity contribution >= 4 is 23.1 Å². The molecular formula is C22H14N4O2S. The van der Waals surface area contributed by atoms with Crippen LogP contribution >= 0.6 is 12.2 Å². The number of nitrogens with one attached hydrogen (secondary N) is 1. The Morgan fingerprint density at radius 2 is 1.59 bits per heavy atom. The van der Waals surface area contributed by atoms with Gasteiger partial charge in [0.2, 0.25) is 5.89 Å². The van der Waals surface area contributed by atoms with Crippen LogP contribution in [0.15, 0.2) is 88.1 Å². The lowest BCUT2D eigenvalue weighted by molar-refractivity contribution is 0.552. The fraction of sp³-hybridized carbons (Fsp3) is 0. The highest BCUT2D eigenvalue weighted by atomic mass is 32.1. The minimum Gasteiger partial charge on any atom is -0.409 e. The van der Waals surface area contributed by atoms with Crippen LogP contribution in [0.25, 0.3) is 39.4 Å². The highest BCUT2D eigenvalue weighted by Gasteiger charge is 2.14. The Kier molecular flexibility index (Phi) is 4.14. The van der Waals surface area contributed by atoms with Crippen LogP contribution < -0.4 is 5.56 Å². The Morgan fingerprint density at radius 3 is 2.31 bits per heavy atom. The molecule has 0 saturated heterocycles. The zero-order valence-corrected chi connectivity index (χ0v) is 15.9. The van der Waals surface area contributed by atoms with Gasteiger partial charge in [-0.3, -0.25) is 9.36 Å². The topological polar surface area (TPSA) is 76.7 Å². The first-order chi connectivity index (χ1) is 14.2. The van der Waals surface area contributed by atoms with Gasteiger partial charge in [0.15, 0.2) is 0 Å². The van der Waals surface area contributed by atoms with Crippen molar-refractivity contribution in [1.82, 2.24) is 19.7 Å². The molecule has 5 aromatic rings. The van der Waals surface area contributed by atoms with Crippen LogP contribution in [0.1, 0.15) is 0 Å². The zero-order valence-electron chi connectivity index (χ0n) is 15.1. The third-order valence-electron chi connectivity index (χ3n) is 4.62. The highest BCUT2D eigenvalue weighted by Crippen LogP contribution is 2.24. The monoisotopic (exact) mass is 398 g/mol. The summed E-state index contributed by atoms with van der Waals surface area (Å²) in [5.74, 6) is 0.980. The van der Waals surface area contributed by atoms with Crippen molar-refractivity contribution in [3.63, 3.8) is 0 Å². The van der Waals surface area contributed by atoms with E-state index in [0.717, 1.165) is 11.1 Å². The normalized spacial score (nSPS) is 11.0. The first-order valence-corrected chi connectivity index (χ1v) is 9.35. The number of nitrogens with zero attached hydrogens (tertiary/aromatic N) is 3. The number of hydrogen-bond acceptors (Lipinski definition) is 5. The average Bonchev–Trinajstić information content (AvgIpc) is 3.21. The van der Waals surface area contributed by atoms with E-state index in [1.165, 1.54) is 0 Å². The summed E-state index contributed by atoms with van der Waals surface area (Å²) in [6, 6.07) is 24.4. The van der Waals surface area contributed by atoms with Crippen molar-refractivity contribution in [2.75, 3.05) is 0 Å². The summed E-state index contributed by atoms with van der Waals surface area (Å²) in [4.78, 5) is 18.3. The maximum atomic E-state index is 13.4. The van der Waals surface area contributed by atoms with Gasteiger partial charge in [-0.2, -0.15) is 0 Å². The van der Waals surface area contributed by atoms with Crippen LogP contribution in [0.4, 0.5) is 0 Å². The molecule has 0 atom stereocenters. The number of benzene rings is 3. The van der Waals surface area contributed by atoms with Gasteiger partial charge >= 0.3 is 0 Å². The van der Waals surface area contributed by atoms with Crippen LogP contribution in [0.2, 0.25) is 0 Å². The Morgan fingerprint density at radius 1 is 0.862 bits per heavy atom. The van der Waals surface area contributed by atoms with Crippen LogP contribution in [-0.2, 0) is 0 Å². The molecule has 0 unspecified atom stereocenters. The Labute approximate surface area is 170 Å². The van der Waals surface area contributed by atoms with Gasteiger partial charge < -0.3 is 4.42 Å². The predicted octanol–water partition coefficient (Wildman–Crippen LogP) is 4.77. The van der Waals surface area contributed by atoms with Gasteiger partial charge in [0.25, 0.3) is 10.4 Å². The fourth-order valence-corrected chi connectivity index (χ4v) is 3.38. The second kappa shape index (κ2) is 6.96. The molecule has 29 heavy (non-hydrogen) atoms. The fourth-order valence-electron chi connectivity index (χ4n) is 3.26. The molecule has 0 aliphatic rings. The molecule has 0 spiro atoms. The average molecular weight is 398 g/mol. The van der Waals surface area contributed by atoms with E-state index in [0.29, 0.717) is 28.3 Å². The maximum absolute atomic E-state index is 13.4. The van der Waals surface area contributed by atoms with Crippen molar-refractivity contribution in [2.24, 2.45) is 0 Å². The molecule has 0 saturated carbocycles. The smallest absolute Gasteiger partial charge is 0.284 e. The molecule has 1 N–H and O–H groups in total. The molecule has 0 radical (unpaired) electrons. The number of aromatic nitrogens is 4. The SMILES string of the molecule is O=c1c2ccccc2nc(-c2ccccc2)n1-c1ccc(-c2n[nH]c(=S)o2)cc1. The first-order valence-electron chi connectivity index (χ1n) is 8.94. The second-order valence-corrected chi connectivity index (χ2v) is 6.80. The molecule has 5 rings (SSSR count). The van der Waals surface area contributed by atoms with Crippen molar-refractivity contribution in [1.29, 1.82) is 0 Å². The molecule has 2 heterocycles. The number of hydrogen-bond donors (Lipinski definition) is 1. The first kappa shape index (κ1) is 17.3. The van der Waals surface area contributed by atoms with Crippen molar-refractivity contribution in [3.8, 4) is 28.5 Å². The van der Waals surface area contributed by atoms with E-state index in [1.54, 1.807) is 10.6 Å². The number of para-hydroxylation sites is 1. The molecule has 0 aliphatic heterocycles. The van der Waals surface area contributed by atoms with E-state index in [1.807, 2.05) is 72.8 Å². The predicted molar refractivity (Wildman–Crippen MR) is 113 cm³/mol. The Hall–Kier alpha value is -3.84. The Balaban J connectivity index is 1.74. The number of fused-ring (bicyclic) bond motifs is 1. The van der Waals surface area contributed by atoms with E-state index < -0.39 is 0 Å². The standard InChI is InChI=1S/C22H14N4O2S/c27-21-17-8-4-5-9-18(17)23-19(14-6-2-1-3-7-14)26(21)16-12-10-15(11-13-16)20-24-25-22(29)28-20/h1-13H,(H,25,29). The number of aromatic amines is 1. The van der Waals surface area contributed by atoms with E-state index in [2.05, 4.69) is 10.2 Å². The third kappa shape index (κ3) is 3.07. The summed E-state index contributed by atoms with van der Waals surface area (Å²) in [5, 5.41) is 7.21. The molecule has 0 amide bonds. The van der Waals surface area contributed by atoms with Crippen LogP contribution in [-0.4, -0.2) is 19.7 Å². The molecule has 140 valence electrons. The number of rotatable bonds is 3. The third-order valence-corrected chi connectivity index (χ3v) is 4.79. The maximum Gasteiger partial charge on any atom is 0.284 e. The quantitative estimate of drug-likeness (QED) is 0.443. The second-order valence-electron chi connectivity index (χ2n) is 6.42. The summed E-state index contributed by atoms with van der Waals surface area (Å²) in [6.45, 7) is 0. The van der Waals surface area contributed by atoms with Crippen LogP contribution in [0.3, 0.4) is 0 Å². The summed E-state index contributed by atoms with van der Waals surface area (Å²) in [6.07, 6.45) is 0. The summed E-state index contributed by atoms with van der Waals surface area (Å²) in [7, 11) is 0. The van der Waals surface area contributed by atoms with Crippen molar-refractivity contribution in [2.45, 2.75) is 0 Å². The molecule has 6 nitrogen and oxygen atoms in total. The van der Waals surface area contributed by atoms with Crippen LogP contribution in [0.5, 0.6) is 0 Å². The van der Waals surface area contributed by atoms with Crippen LogP contribution in [0, 0.1) is 4.84 Å². The van der Waals surface area contributed by atoms with Crippen molar-refractivity contribution in [3.05, 3.63) is 94.1 Å². The lowest BCUT2D eigenvalue weighted by Gasteiger charge is -2.14.